The first kappa shape index (κ1) is 21.9. The lowest BCUT2D eigenvalue weighted by molar-refractivity contribution is -0.143. The second kappa shape index (κ2) is 9.83. The lowest BCUT2D eigenvalue weighted by Gasteiger charge is -2.41. The molecule has 162 valence electrons. The van der Waals surface area contributed by atoms with E-state index < -0.39 is 0 Å². The van der Waals surface area contributed by atoms with Crippen LogP contribution in [0.4, 0.5) is 0 Å². The molecule has 0 radical (unpaired) electrons. The summed E-state index contributed by atoms with van der Waals surface area (Å²) in [5, 5.41) is 3.07. The van der Waals surface area contributed by atoms with Crippen LogP contribution < -0.4 is 10.1 Å². The van der Waals surface area contributed by atoms with Crippen LogP contribution in [0.1, 0.15) is 61.3 Å². The smallest absolute Gasteiger partial charge is 0.225 e. The summed E-state index contributed by atoms with van der Waals surface area (Å²) < 4.78 is 11.1. The maximum atomic E-state index is 13.3. The average Bonchev–Trinajstić information content (AvgIpc) is 3.07. The highest BCUT2D eigenvalue weighted by molar-refractivity contribution is 5.85. The number of aryl methyl sites for hydroxylation is 2. The fourth-order valence-electron chi connectivity index (χ4n) is 4.29. The Kier molecular flexibility index (Phi) is 7.19. The molecule has 1 fully saturated rings. The van der Waals surface area contributed by atoms with Gasteiger partial charge in [0.15, 0.2) is 0 Å². The molecule has 0 aliphatic carbocycles. The molecule has 1 aromatic carbocycles. The zero-order valence-electron chi connectivity index (χ0n) is 18.4. The SMILES string of the molecule is CCCCN1C(=O)CCC(C(=O)NCc2cc(C)oc2C)C1c1ccccc1OC. The van der Waals surface area contributed by atoms with Crippen LogP contribution in [-0.4, -0.2) is 30.4 Å². The van der Waals surface area contributed by atoms with E-state index in [1.165, 1.54) is 0 Å². The lowest BCUT2D eigenvalue weighted by atomic mass is 9.83. The summed E-state index contributed by atoms with van der Waals surface area (Å²) >= 11 is 0. The average molecular weight is 413 g/mol. The number of hydrogen-bond donors (Lipinski definition) is 1. The van der Waals surface area contributed by atoms with Gasteiger partial charge in [0.05, 0.1) is 19.1 Å². The van der Waals surface area contributed by atoms with Crippen LogP contribution in [0.3, 0.4) is 0 Å². The number of benzene rings is 1. The number of carbonyl (C=O) groups excluding carboxylic acids is 2. The Labute approximate surface area is 178 Å². The number of nitrogens with one attached hydrogen (secondary N) is 1. The number of nitrogens with zero attached hydrogens (tertiary/aromatic N) is 1. The Bertz CT molecular complexity index is 889. The van der Waals surface area contributed by atoms with E-state index in [0.29, 0.717) is 31.7 Å². The van der Waals surface area contributed by atoms with Crippen LogP contribution in [0.5, 0.6) is 5.75 Å². The summed E-state index contributed by atoms with van der Waals surface area (Å²) in [6.07, 6.45) is 2.80. The number of methoxy groups -OCH3 is 1. The molecular formula is C24H32N2O4. The third-order valence-corrected chi connectivity index (χ3v) is 5.85. The van der Waals surface area contributed by atoms with Crippen LogP contribution >= 0.6 is 0 Å². The quantitative estimate of drug-likeness (QED) is 0.702. The summed E-state index contributed by atoms with van der Waals surface area (Å²) in [5.74, 6) is 2.08. The van der Waals surface area contributed by atoms with E-state index in [0.717, 1.165) is 35.5 Å². The third-order valence-electron chi connectivity index (χ3n) is 5.85. The standard InChI is InChI=1S/C24H32N2O4/c1-5-6-13-26-22(27)12-11-20(23(26)19-9-7-8-10-21(19)29-4)24(28)25-15-18-14-16(2)30-17(18)3/h7-10,14,20,23H,5-6,11-13,15H2,1-4H3,(H,25,28). The lowest BCUT2D eigenvalue weighted by Crippen LogP contribution is -2.48. The number of amides is 2. The summed E-state index contributed by atoms with van der Waals surface area (Å²) in [5.41, 5.74) is 1.86. The third kappa shape index (κ3) is 4.69. The maximum absolute atomic E-state index is 13.3. The van der Waals surface area contributed by atoms with Gasteiger partial charge in [0, 0.05) is 30.6 Å². The number of piperidine rings is 1. The first-order valence-electron chi connectivity index (χ1n) is 10.7. The molecule has 2 amide bonds. The minimum Gasteiger partial charge on any atom is -0.496 e. The molecule has 2 aromatic rings. The number of likely N-dealkylation sites (tertiary alicyclic amines) is 1. The Morgan fingerprint density at radius 2 is 2.07 bits per heavy atom. The molecule has 3 rings (SSSR count). The number of carbonyl (C=O) groups is 2. The predicted octanol–water partition coefficient (Wildman–Crippen LogP) is 4.30. The largest absolute Gasteiger partial charge is 0.496 e. The highest BCUT2D eigenvalue weighted by Crippen LogP contribution is 2.40. The monoisotopic (exact) mass is 412 g/mol. The Morgan fingerprint density at radius 3 is 2.73 bits per heavy atom. The van der Waals surface area contributed by atoms with E-state index in [9.17, 15) is 9.59 Å². The zero-order chi connectivity index (χ0) is 21.7. The fraction of sp³-hybridized carbons (Fsp3) is 0.500. The molecule has 1 saturated heterocycles. The van der Waals surface area contributed by atoms with Gasteiger partial charge in [0.25, 0.3) is 0 Å². The zero-order valence-corrected chi connectivity index (χ0v) is 18.4. The van der Waals surface area contributed by atoms with Gasteiger partial charge in [-0.3, -0.25) is 9.59 Å². The van der Waals surface area contributed by atoms with Crippen molar-refractivity contribution in [1.29, 1.82) is 0 Å². The molecule has 0 bridgehead atoms. The van der Waals surface area contributed by atoms with Crippen molar-refractivity contribution in [2.45, 2.75) is 59.0 Å². The van der Waals surface area contributed by atoms with E-state index in [2.05, 4.69) is 12.2 Å². The molecule has 2 heterocycles. The summed E-state index contributed by atoms with van der Waals surface area (Å²) in [4.78, 5) is 28.0. The molecule has 6 nitrogen and oxygen atoms in total. The van der Waals surface area contributed by atoms with Crippen molar-refractivity contribution in [3.8, 4) is 5.75 Å². The maximum Gasteiger partial charge on any atom is 0.225 e. The Morgan fingerprint density at radius 1 is 1.30 bits per heavy atom. The molecule has 2 unspecified atom stereocenters. The summed E-state index contributed by atoms with van der Waals surface area (Å²) in [6, 6.07) is 9.31. The molecular weight excluding hydrogens is 380 g/mol. The van der Waals surface area contributed by atoms with Crippen molar-refractivity contribution in [2.75, 3.05) is 13.7 Å². The van der Waals surface area contributed by atoms with Crippen LogP contribution in [-0.2, 0) is 16.1 Å². The van der Waals surface area contributed by atoms with Gasteiger partial charge in [-0.1, -0.05) is 31.5 Å². The Hall–Kier alpha value is -2.76. The first-order chi connectivity index (χ1) is 14.5. The van der Waals surface area contributed by atoms with E-state index in [4.69, 9.17) is 9.15 Å². The molecule has 0 spiro atoms. The fourth-order valence-corrected chi connectivity index (χ4v) is 4.29. The number of hydrogen-bond acceptors (Lipinski definition) is 4. The minimum absolute atomic E-state index is 0.0434. The van der Waals surface area contributed by atoms with Crippen molar-refractivity contribution >= 4 is 11.8 Å². The number of furan rings is 1. The number of unbranched alkanes of at least 4 members (excludes halogenated alkanes) is 1. The summed E-state index contributed by atoms with van der Waals surface area (Å²) in [6.45, 7) is 6.96. The van der Waals surface area contributed by atoms with Crippen LogP contribution in [0.2, 0.25) is 0 Å². The normalized spacial score (nSPS) is 19.1. The van der Waals surface area contributed by atoms with Gasteiger partial charge in [-0.05, 0) is 38.8 Å². The molecule has 2 atom stereocenters. The molecule has 1 N–H and O–H groups in total. The van der Waals surface area contributed by atoms with Crippen molar-refractivity contribution in [2.24, 2.45) is 5.92 Å². The van der Waals surface area contributed by atoms with E-state index >= 15 is 0 Å². The number of ether oxygens (including phenoxy) is 1. The van der Waals surface area contributed by atoms with Gasteiger partial charge < -0.3 is 19.4 Å². The highest BCUT2D eigenvalue weighted by atomic mass is 16.5. The van der Waals surface area contributed by atoms with Gasteiger partial charge in [0.2, 0.25) is 11.8 Å². The van der Waals surface area contributed by atoms with Crippen molar-refractivity contribution in [3.05, 3.63) is 53.0 Å². The van der Waals surface area contributed by atoms with Gasteiger partial charge in [0.1, 0.15) is 17.3 Å². The van der Waals surface area contributed by atoms with Gasteiger partial charge >= 0.3 is 0 Å². The van der Waals surface area contributed by atoms with Crippen molar-refractivity contribution in [3.63, 3.8) is 0 Å². The predicted molar refractivity (Wildman–Crippen MR) is 115 cm³/mol. The van der Waals surface area contributed by atoms with Crippen LogP contribution in [0.25, 0.3) is 0 Å². The minimum atomic E-state index is -0.332. The highest BCUT2D eigenvalue weighted by Gasteiger charge is 2.41. The van der Waals surface area contributed by atoms with Crippen LogP contribution in [0, 0.1) is 19.8 Å². The van der Waals surface area contributed by atoms with Crippen LogP contribution in [0.15, 0.2) is 34.7 Å². The van der Waals surface area contributed by atoms with Crippen molar-refractivity contribution in [1.82, 2.24) is 10.2 Å². The Balaban J connectivity index is 1.88. The first-order valence-corrected chi connectivity index (χ1v) is 10.7. The van der Waals surface area contributed by atoms with Gasteiger partial charge in [-0.25, -0.2) is 0 Å². The second-order valence-electron chi connectivity index (χ2n) is 7.93. The molecule has 1 aromatic heterocycles. The van der Waals surface area contributed by atoms with E-state index in [-0.39, 0.29) is 23.8 Å². The molecule has 1 aliphatic heterocycles. The topological polar surface area (TPSA) is 71.8 Å². The van der Waals surface area contributed by atoms with Gasteiger partial charge in [-0.15, -0.1) is 0 Å². The molecule has 30 heavy (non-hydrogen) atoms. The summed E-state index contributed by atoms with van der Waals surface area (Å²) in [7, 11) is 1.62. The van der Waals surface area contributed by atoms with E-state index in [1.54, 1.807) is 7.11 Å². The van der Waals surface area contributed by atoms with E-state index in [1.807, 2.05) is 49.1 Å². The molecule has 1 aliphatic rings. The molecule has 6 heteroatoms. The van der Waals surface area contributed by atoms with Gasteiger partial charge in [-0.2, -0.15) is 0 Å². The number of rotatable bonds is 8. The van der Waals surface area contributed by atoms with Crippen molar-refractivity contribution < 1.29 is 18.7 Å². The molecule has 0 saturated carbocycles. The number of para-hydroxylation sites is 1. The second-order valence-corrected chi connectivity index (χ2v) is 7.93.